The third-order valence-electron chi connectivity index (χ3n) is 4.21. The average Bonchev–Trinajstić information content (AvgIpc) is 2.41. The van der Waals surface area contributed by atoms with Crippen molar-refractivity contribution in [1.82, 2.24) is 4.90 Å². The van der Waals surface area contributed by atoms with Crippen molar-refractivity contribution >= 4 is 5.97 Å². The van der Waals surface area contributed by atoms with Gasteiger partial charge in [0.1, 0.15) is 0 Å². The van der Waals surface area contributed by atoms with E-state index in [9.17, 15) is 4.79 Å². The lowest BCUT2D eigenvalue weighted by atomic mass is 9.94. The smallest absolute Gasteiger partial charge is 0.335 e. The second kappa shape index (κ2) is 5.94. The summed E-state index contributed by atoms with van der Waals surface area (Å²) in [6, 6.07) is 5.36. The molecule has 1 aromatic rings. The molecule has 0 spiro atoms. The second-order valence-corrected chi connectivity index (χ2v) is 5.91. The predicted molar refractivity (Wildman–Crippen MR) is 78.1 cm³/mol. The monoisotopic (exact) mass is 277 g/mol. The number of aryl methyl sites for hydroxylation is 1. The van der Waals surface area contributed by atoms with Crippen LogP contribution in [0.2, 0.25) is 0 Å². The van der Waals surface area contributed by atoms with Crippen LogP contribution in [0.15, 0.2) is 18.2 Å². The van der Waals surface area contributed by atoms with Crippen LogP contribution in [0.4, 0.5) is 0 Å². The van der Waals surface area contributed by atoms with Gasteiger partial charge in [0.05, 0.1) is 11.2 Å². The Labute approximate surface area is 120 Å². The highest BCUT2D eigenvalue weighted by Crippen LogP contribution is 2.25. The van der Waals surface area contributed by atoms with E-state index in [4.69, 9.17) is 9.84 Å². The summed E-state index contributed by atoms with van der Waals surface area (Å²) in [5, 5.41) is 9.00. The van der Waals surface area contributed by atoms with Gasteiger partial charge in [-0.15, -0.1) is 0 Å². The van der Waals surface area contributed by atoms with Gasteiger partial charge in [-0.3, -0.25) is 4.90 Å². The molecular formula is C16H23NO3. The molecule has 2 rings (SSSR count). The summed E-state index contributed by atoms with van der Waals surface area (Å²) < 4.78 is 5.61. The molecule has 1 atom stereocenters. The van der Waals surface area contributed by atoms with Crippen LogP contribution in [0, 0.1) is 6.92 Å². The van der Waals surface area contributed by atoms with E-state index in [1.165, 1.54) is 5.56 Å². The molecule has 1 fully saturated rings. The van der Waals surface area contributed by atoms with Crippen molar-refractivity contribution in [3.05, 3.63) is 34.9 Å². The van der Waals surface area contributed by atoms with Crippen LogP contribution in [0.3, 0.4) is 0 Å². The van der Waals surface area contributed by atoms with Crippen LogP contribution in [0.5, 0.6) is 0 Å². The topological polar surface area (TPSA) is 49.8 Å². The fourth-order valence-corrected chi connectivity index (χ4v) is 2.86. The molecule has 0 radical (unpaired) electrons. The molecule has 0 bridgehead atoms. The van der Waals surface area contributed by atoms with Gasteiger partial charge < -0.3 is 9.84 Å². The SMILES string of the molecule is COC1(C)CCCN(Cc2ccc(C(=O)O)cc2C)C1. The molecule has 1 N–H and O–H groups in total. The Hall–Kier alpha value is -1.39. The molecule has 0 aliphatic carbocycles. The van der Waals surface area contributed by atoms with Crippen LogP contribution in [0.1, 0.15) is 41.3 Å². The zero-order valence-corrected chi connectivity index (χ0v) is 12.5. The van der Waals surface area contributed by atoms with Crippen LogP contribution >= 0.6 is 0 Å². The summed E-state index contributed by atoms with van der Waals surface area (Å²) in [6.07, 6.45) is 2.23. The molecule has 1 aliphatic heterocycles. The third-order valence-corrected chi connectivity index (χ3v) is 4.21. The zero-order valence-electron chi connectivity index (χ0n) is 12.5. The summed E-state index contributed by atoms with van der Waals surface area (Å²) in [5.74, 6) is -0.871. The number of carboxylic acid groups (broad SMARTS) is 1. The van der Waals surface area contributed by atoms with Crippen molar-refractivity contribution in [2.75, 3.05) is 20.2 Å². The molecule has 1 aromatic carbocycles. The highest BCUT2D eigenvalue weighted by atomic mass is 16.5. The molecule has 20 heavy (non-hydrogen) atoms. The maximum atomic E-state index is 11.0. The number of methoxy groups -OCH3 is 1. The van der Waals surface area contributed by atoms with Gasteiger partial charge in [0.2, 0.25) is 0 Å². The highest BCUT2D eigenvalue weighted by molar-refractivity contribution is 5.87. The molecule has 0 aromatic heterocycles. The molecule has 1 unspecified atom stereocenters. The fraction of sp³-hybridized carbons (Fsp3) is 0.562. The summed E-state index contributed by atoms with van der Waals surface area (Å²) in [6.45, 7) is 6.97. The number of rotatable bonds is 4. The average molecular weight is 277 g/mol. The third kappa shape index (κ3) is 3.38. The van der Waals surface area contributed by atoms with Gasteiger partial charge in [-0.05, 0) is 56.5 Å². The highest BCUT2D eigenvalue weighted by Gasteiger charge is 2.30. The fourth-order valence-electron chi connectivity index (χ4n) is 2.86. The number of nitrogens with zero attached hydrogens (tertiary/aromatic N) is 1. The molecule has 1 heterocycles. The van der Waals surface area contributed by atoms with Crippen molar-refractivity contribution in [2.24, 2.45) is 0 Å². The minimum atomic E-state index is -0.871. The first-order valence-electron chi connectivity index (χ1n) is 7.04. The molecule has 0 saturated carbocycles. The Morgan fingerprint density at radius 3 is 2.85 bits per heavy atom. The van der Waals surface area contributed by atoms with E-state index in [2.05, 4.69) is 11.8 Å². The second-order valence-electron chi connectivity index (χ2n) is 5.91. The number of likely N-dealkylation sites (tertiary alicyclic amines) is 1. The van der Waals surface area contributed by atoms with Gasteiger partial charge in [0.25, 0.3) is 0 Å². The molecule has 110 valence electrons. The minimum Gasteiger partial charge on any atom is -0.478 e. The van der Waals surface area contributed by atoms with Gasteiger partial charge in [-0.25, -0.2) is 4.79 Å². The van der Waals surface area contributed by atoms with Crippen molar-refractivity contribution in [3.8, 4) is 0 Å². The molecule has 1 aliphatic rings. The van der Waals surface area contributed by atoms with Crippen molar-refractivity contribution in [3.63, 3.8) is 0 Å². The first-order valence-corrected chi connectivity index (χ1v) is 7.04. The van der Waals surface area contributed by atoms with E-state index < -0.39 is 5.97 Å². The number of carbonyl (C=O) groups is 1. The summed E-state index contributed by atoms with van der Waals surface area (Å²) >= 11 is 0. The molecular weight excluding hydrogens is 254 g/mol. The Kier molecular flexibility index (Phi) is 4.45. The molecule has 1 saturated heterocycles. The van der Waals surface area contributed by atoms with E-state index >= 15 is 0 Å². The van der Waals surface area contributed by atoms with Crippen molar-refractivity contribution in [1.29, 1.82) is 0 Å². The lowest BCUT2D eigenvalue weighted by Gasteiger charge is -2.39. The van der Waals surface area contributed by atoms with E-state index in [-0.39, 0.29) is 5.60 Å². The van der Waals surface area contributed by atoms with E-state index in [0.717, 1.165) is 38.0 Å². The number of benzene rings is 1. The maximum absolute atomic E-state index is 11.0. The molecule has 4 nitrogen and oxygen atoms in total. The lowest BCUT2D eigenvalue weighted by molar-refractivity contribution is -0.0527. The standard InChI is InChI=1S/C16H23NO3/c1-12-9-13(15(18)19)5-6-14(12)10-17-8-4-7-16(2,11-17)20-3/h5-6,9H,4,7-8,10-11H2,1-3H3,(H,18,19). The van der Waals surface area contributed by atoms with Crippen molar-refractivity contribution < 1.29 is 14.6 Å². The van der Waals surface area contributed by atoms with E-state index in [1.807, 2.05) is 13.0 Å². The molecule has 0 amide bonds. The van der Waals surface area contributed by atoms with Crippen LogP contribution in [0.25, 0.3) is 0 Å². The quantitative estimate of drug-likeness (QED) is 0.919. The van der Waals surface area contributed by atoms with Crippen molar-refractivity contribution in [2.45, 2.75) is 38.8 Å². The number of carboxylic acids is 1. The summed E-state index contributed by atoms with van der Waals surface area (Å²) in [7, 11) is 1.77. The Bertz CT molecular complexity index is 500. The normalized spacial score (nSPS) is 23.8. The largest absolute Gasteiger partial charge is 0.478 e. The van der Waals surface area contributed by atoms with Crippen LogP contribution < -0.4 is 0 Å². The summed E-state index contributed by atoms with van der Waals surface area (Å²) in [4.78, 5) is 13.3. The van der Waals surface area contributed by atoms with E-state index in [1.54, 1.807) is 19.2 Å². The van der Waals surface area contributed by atoms with Gasteiger partial charge in [-0.2, -0.15) is 0 Å². The zero-order chi connectivity index (χ0) is 14.8. The Balaban J connectivity index is 2.08. The van der Waals surface area contributed by atoms with Crippen LogP contribution in [-0.2, 0) is 11.3 Å². The predicted octanol–water partition coefficient (Wildman–Crippen LogP) is 2.69. The molecule has 4 heteroatoms. The maximum Gasteiger partial charge on any atom is 0.335 e. The van der Waals surface area contributed by atoms with Crippen LogP contribution in [-0.4, -0.2) is 41.8 Å². The Morgan fingerprint density at radius 2 is 2.25 bits per heavy atom. The van der Waals surface area contributed by atoms with E-state index in [0.29, 0.717) is 5.56 Å². The number of hydrogen-bond donors (Lipinski definition) is 1. The number of aromatic carboxylic acids is 1. The lowest BCUT2D eigenvalue weighted by Crippen LogP contribution is -2.46. The number of piperidine rings is 1. The Morgan fingerprint density at radius 1 is 1.50 bits per heavy atom. The number of hydrogen-bond acceptors (Lipinski definition) is 3. The first-order chi connectivity index (χ1) is 9.43. The number of ether oxygens (including phenoxy) is 1. The minimum absolute atomic E-state index is 0.0623. The summed E-state index contributed by atoms with van der Waals surface area (Å²) in [5.41, 5.74) is 2.52. The van der Waals surface area contributed by atoms with Gasteiger partial charge in [-0.1, -0.05) is 6.07 Å². The van der Waals surface area contributed by atoms with Gasteiger partial charge in [0, 0.05) is 20.2 Å². The van der Waals surface area contributed by atoms with Gasteiger partial charge in [0.15, 0.2) is 0 Å². The first kappa shape index (κ1) is 15.0. The van der Waals surface area contributed by atoms with Gasteiger partial charge >= 0.3 is 5.97 Å².